The molecular formula is C22H20N4S. The van der Waals surface area contributed by atoms with Crippen LogP contribution in [-0.4, -0.2) is 21.0 Å². The lowest BCUT2D eigenvalue weighted by Crippen LogP contribution is -2.16. The highest BCUT2D eigenvalue weighted by Crippen LogP contribution is 2.38. The molecule has 1 fully saturated rings. The molecule has 0 spiro atoms. The topological polar surface area (TPSA) is 50.7 Å². The van der Waals surface area contributed by atoms with Gasteiger partial charge in [0.05, 0.1) is 5.39 Å². The third-order valence-corrected chi connectivity index (χ3v) is 5.98. The number of hydrogen-bond acceptors (Lipinski definition) is 5. The Labute approximate surface area is 162 Å². The van der Waals surface area contributed by atoms with Gasteiger partial charge in [0.15, 0.2) is 5.82 Å². The van der Waals surface area contributed by atoms with Crippen molar-refractivity contribution in [1.29, 1.82) is 0 Å². The van der Waals surface area contributed by atoms with Crippen molar-refractivity contribution in [2.45, 2.75) is 31.7 Å². The fraction of sp³-hybridized carbons (Fsp3) is 0.227. The van der Waals surface area contributed by atoms with E-state index < -0.39 is 0 Å². The van der Waals surface area contributed by atoms with E-state index in [1.807, 2.05) is 24.3 Å². The quantitative estimate of drug-likeness (QED) is 0.494. The molecule has 0 atom stereocenters. The third kappa shape index (κ3) is 3.19. The molecule has 1 aromatic carbocycles. The van der Waals surface area contributed by atoms with Crippen molar-refractivity contribution >= 4 is 27.4 Å². The van der Waals surface area contributed by atoms with Gasteiger partial charge in [0, 0.05) is 23.2 Å². The maximum Gasteiger partial charge on any atom is 0.181 e. The second-order valence-electron chi connectivity index (χ2n) is 6.93. The molecule has 1 N–H and O–H groups in total. The Hall–Kier alpha value is -2.79. The minimum absolute atomic E-state index is 0.489. The van der Waals surface area contributed by atoms with Crippen LogP contribution in [-0.2, 0) is 0 Å². The van der Waals surface area contributed by atoms with Gasteiger partial charge >= 0.3 is 0 Å². The van der Waals surface area contributed by atoms with Crippen LogP contribution in [0.1, 0.15) is 25.7 Å². The summed E-state index contributed by atoms with van der Waals surface area (Å²) in [5.41, 5.74) is 3.21. The van der Waals surface area contributed by atoms with Crippen LogP contribution in [0.25, 0.3) is 32.9 Å². The first kappa shape index (κ1) is 16.4. The molecule has 1 saturated carbocycles. The van der Waals surface area contributed by atoms with Gasteiger partial charge in [-0.25, -0.2) is 9.97 Å². The van der Waals surface area contributed by atoms with Crippen LogP contribution in [0.5, 0.6) is 0 Å². The molecule has 0 unspecified atom stereocenters. The van der Waals surface area contributed by atoms with Gasteiger partial charge in [-0.1, -0.05) is 49.2 Å². The predicted octanol–water partition coefficient (Wildman–Crippen LogP) is 5.77. The number of aromatic nitrogens is 3. The highest BCUT2D eigenvalue weighted by Gasteiger charge is 2.21. The summed E-state index contributed by atoms with van der Waals surface area (Å²) in [6, 6.07) is 16.8. The van der Waals surface area contributed by atoms with Crippen molar-refractivity contribution in [1.82, 2.24) is 15.0 Å². The fourth-order valence-electron chi connectivity index (χ4n) is 3.75. The van der Waals surface area contributed by atoms with Crippen LogP contribution in [0.3, 0.4) is 0 Å². The molecule has 0 bridgehead atoms. The number of nitrogens with zero attached hydrogens (tertiary/aromatic N) is 3. The molecule has 0 radical (unpaired) electrons. The van der Waals surface area contributed by atoms with Gasteiger partial charge in [-0.2, -0.15) is 0 Å². The van der Waals surface area contributed by atoms with Crippen LogP contribution in [0.2, 0.25) is 0 Å². The number of pyridine rings is 1. The smallest absolute Gasteiger partial charge is 0.181 e. The molecule has 0 aliphatic heterocycles. The number of benzene rings is 1. The molecule has 4 aromatic rings. The van der Waals surface area contributed by atoms with E-state index in [-0.39, 0.29) is 0 Å². The van der Waals surface area contributed by atoms with E-state index in [0.717, 1.165) is 21.7 Å². The second-order valence-corrected chi connectivity index (χ2v) is 7.79. The zero-order valence-corrected chi connectivity index (χ0v) is 15.7. The summed E-state index contributed by atoms with van der Waals surface area (Å²) in [6.07, 6.45) is 6.77. The number of nitrogens with one attached hydrogen (secondary N) is 1. The summed E-state index contributed by atoms with van der Waals surface area (Å²) in [5.74, 6) is 1.62. The summed E-state index contributed by atoms with van der Waals surface area (Å²) in [4.78, 5) is 15.2. The fourth-order valence-corrected chi connectivity index (χ4v) is 4.70. The summed E-state index contributed by atoms with van der Waals surface area (Å²) in [6.45, 7) is 0. The van der Waals surface area contributed by atoms with Gasteiger partial charge in [0.1, 0.15) is 16.3 Å². The van der Waals surface area contributed by atoms with Gasteiger partial charge < -0.3 is 5.32 Å². The van der Waals surface area contributed by atoms with Crippen molar-refractivity contribution in [2.75, 3.05) is 5.32 Å². The number of hydrogen-bond donors (Lipinski definition) is 1. The van der Waals surface area contributed by atoms with Gasteiger partial charge in [-0.15, -0.1) is 11.3 Å². The normalized spacial score (nSPS) is 14.7. The molecule has 3 aromatic heterocycles. The molecular weight excluding hydrogens is 352 g/mol. The van der Waals surface area contributed by atoms with Crippen molar-refractivity contribution in [3.63, 3.8) is 0 Å². The average molecular weight is 372 g/mol. The highest BCUT2D eigenvalue weighted by atomic mass is 32.1. The zero-order valence-electron chi connectivity index (χ0n) is 14.9. The zero-order chi connectivity index (χ0) is 18.1. The van der Waals surface area contributed by atoms with Crippen LogP contribution < -0.4 is 5.32 Å². The maximum atomic E-state index is 4.91. The van der Waals surface area contributed by atoms with Crippen LogP contribution in [0, 0.1) is 0 Å². The Morgan fingerprint density at radius 1 is 0.926 bits per heavy atom. The SMILES string of the molecule is c1ccc(-c2csc3nc(-c4ccccn4)nc(NC4CCCC4)c23)cc1. The van der Waals surface area contributed by atoms with E-state index in [9.17, 15) is 0 Å². The van der Waals surface area contributed by atoms with Gasteiger partial charge in [0.25, 0.3) is 0 Å². The van der Waals surface area contributed by atoms with Gasteiger partial charge in [-0.05, 0) is 30.5 Å². The van der Waals surface area contributed by atoms with Crippen molar-refractivity contribution in [3.8, 4) is 22.6 Å². The van der Waals surface area contributed by atoms with Gasteiger partial charge in [0.2, 0.25) is 0 Å². The second kappa shape index (κ2) is 7.08. The molecule has 134 valence electrons. The lowest BCUT2D eigenvalue weighted by atomic mass is 10.1. The third-order valence-electron chi connectivity index (χ3n) is 5.11. The standard InChI is InChI=1S/C22H20N4S/c1-2-8-15(9-3-1)17-14-27-22-19(17)21(24-16-10-4-5-11-16)25-20(26-22)18-12-6-7-13-23-18/h1-3,6-9,12-14,16H,4-5,10-11H2,(H,24,25,26). The molecule has 4 nitrogen and oxygen atoms in total. The molecule has 0 saturated heterocycles. The molecule has 0 amide bonds. The Morgan fingerprint density at radius 2 is 1.74 bits per heavy atom. The van der Waals surface area contributed by atoms with E-state index in [1.54, 1.807) is 17.5 Å². The summed E-state index contributed by atoms with van der Waals surface area (Å²) in [5, 5.41) is 7.03. The Balaban J connectivity index is 1.68. The molecule has 5 heteroatoms. The van der Waals surface area contributed by atoms with Crippen molar-refractivity contribution in [3.05, 3.63) is 60.1 Å². The van der Waals surface area contributed by atoms with E-state index in [0.29, 0.717) is 11.9 Å². The Bertz CT molecular complexity index is 1050. The van der Waals surface area contributed by atoms with Gasteiger partial charge in [-0.3, -0.25) is 4.98 Å². The number of anilines is 1. The molecule has 3 heterocycles. The minimum atomic E-state index is 0.489. The van der Waals surface area contributed by atoms with Crippen molar-refractivity contribution in [2.24, 2.45) is 0 Å². The number of rotatable bonds is 4. The molecule has 5 rings (SSSR count). The lowest BCUT2D eigenvalue weighted by molar-refractivity contribution is 0.752. The Kier molecular flexibility index (Phi) is 4.30. The van der Waals surface area contributed by atoms with E-state index in [2.05, 4.69) is 39.9 Å². The van der Waals surface area contributed by atoms with E-state index in [4.69, 9.17) is 9.97 Å². The highest BCUT2D eigenvalue weighted by molar-refractivity contribution is 7.17. The monoisotopic (exact) mass is 372 g/mol. The predicted molar refractivity (Wildman–Crippen MR) is 112 cm³/mol. The Morgan fingerprint density at radius 3 is 2.52 bits per heavy atom. The first-order valence-corrected chi connectivity index (χ1v) is 10.3. The van der Waals surface area contributed by atoms with Crippen LogP contribution in [0.15, 0.2) is 60.1 Å². The largest absolute Gasteiger partial charge is 0.367 e. The molecule has 1 aliphatic rings. The summed E-state index contributed by atoms with van der Waals surface area (Å²) < 4.78 is 0. The first-order valence-electron chi connectivity index (χ1n) is 9.41. The summed E-state index contributed by atoms with van der Waals surface area (Å²) in [7, 11) is 0. The van der Waals surface area contributed by atoms with E-state index >= 15 is 0 Å². The lowest BCUT2D eigenvalue weighted by Gasteiger charge is -2.15. The van der Waals surface area contributed by atoms with E-state index in [1.165, 1.54) is 36.8 Å². The van der Waals surface area contributed by atoms with Crippen LogP contribution >= 0.6 is 11.3 Å². The van der Waals surface area contributed by atoms with Crippen LogP contribution in [0.4, 0.5) is 5.82 Å². The van der Waals surface area contributed by atoms with Crippen molar-refractivity contribution < 1.29 is 0 Å². The minimum Gasteiger partial charge on any atom is -0.367 e. The maximum absolute atomic E-state index is 4.91. The first-order chi connectivity index (χ1) is 13.4. The number of thiophene rings is 1. The number of fused-ring (bicyclic) bond motifs is 1. The molecule has 27 heavy (non-hydrogen) atoms. The summed E-state index contributed by atoms with van der Waals surface area (Å²) >= 11 is 1.67. The molecule has 1 aliphatic carbocycles. The average Bonchev–Trinajstić information content (AvgIpc) is 3.39.